The molecule has 20 heavy (non-hydrogen) atoms. The molecule has 0 fully saturated rings. The highest BCUT2D eigenvalue weighted by Gasteiger charge is 2.03. The molecule has 0 aromatic heterocycles. The standard InChI is InChI=1S/C16H27N3O/c1-5-20-15-10-13(4)6-7-14(15)11-19-16(17)18-9-8-12(2)3/h6-7,10,12H,5,8-9,11H2,1-4H3,(H3,17,18,19). The van der Waals surface area contributed by atoms with Gasteiger partial charge in [0.15, 0.2) is 5.96 Å². The lowest BCUT2D eigenvalue weighted by Gasteiger charge is -2.11. The van der Waals surface area contributed by atoms with Gasteiger partial charge in [-0.2, -0.15) is 0 Å². The van der Waals surface area contributed by atoms with Crippen LogP contribution in [0.5, 0.6) is 5.75 Å². The lowest BCUT2D eigenvalue weighted by Crippen LogP contribution is -2.32. The van der Waals surface area contributed by atoms with E-state index in [0.717, 1.165) is 24.3 Å². The molecule has 0 unspecified atom stereocenters. The van der Waals surface area contributed by atoms with Crippen LogP contribution in [0.3, 0.4) is 0 Å². The minimum absolute atomic E-state index is 0.494. The number of nitrogens with two attached hydrogens (primary N) is 1. The second-order valence-corrected chi connectivity index (χ2v) is 5.35. The molecule has 1 aromatic rings. The van der Waals surface area contributed by atoms with E-state index < -0.39 is 0 Å². The fraction of sp³-hybridized carbons (Fsp3) is 0.562. The Labute approximate surface area is 122 Å². The third kappa shape index (κ3) is 5.95. The van der Waals surface area contributed by atoms with E-state index in [-0.39, 0.29) is 0 Å². The Morgan fingerprint density at radius 2 is 2.15 bits per heavy atom. The monoisotopic (exact) mass is 277 g/mol. The van der Waals surface area contributed by atoms with Gasteiger partial charge in [0, 0.05) is 12.1 Å². The third-order valence-corrected chi connectivity index (χ3v) is 2.97. The Morgan fingerprint density at radius 1 is 1.40 bits per heavy atom. The van der Waals surface area contributed by atoms with E-state index in [0.29, 0.717) is 25.0 Å². The SMILES string of the molecule is CCOc1cc(C)ccc1CN=C(N)NCCC(C)C. The second-order valence-electron chi connectivity index (χ2n) is 5.35. The molecule has 0 aliphatic rings. The van der Waals surface area contributed by atoms with Gasteiger partial charge in [-0.3, -0.25) is 0 Å². The molecule has 0 saturated carbocycles. The van der Waals surface area contributed by atoms with Crippen LogP contribution in [-0.2, 0) is 6.54 Å². The Balaban J connectivity index is 2.59. The number of aryl methyl sites for hydroxylation is 1. The highest BCUT2D eigenvalue weighted by atomic mass is 16.5. The van der Waals surface area contributed by atoms with E-state index >= 15 is 0 Å². The lowest BCUT2D eigenvalue weighted by atomic mass is 10.1. The third-order valence-electron chi connectivity index (χ3n) is 2.97. The van der Waals surface area contributed by atoms with Gasteiger partial charge in [-0.05, 0) is 37.8 Å². The summed E-state index contributed by atoms with van der Waals surface area (Å²) < 4.78 is 5.63. The first kappa shape index (κ1) is 16.3. The highest BCUT2D eigenvalue weighted by molar-refractivity contribution is 5.77. The summed E-state index contributed by atoms with van der Waals surface area (Å²) in [4.78, 5) is 4.37. The molecule has 0 bridgehead atoms. The molecule has 4 heteroatoms. The molecule has 0 aliphatic heterocycles. The number of nitrogens with one attached hydrogen (secondary N) is 1. The Bertz CT molecular complexity index is 441. The van der Waals surface area contributed by atoms with Crippen LogP contribution < -0.4 is 15.8 Å². The first-order valence-corrected chi connectivity index (χ1v) is 7.29. The van der Waals surface area contributed by atoms with Crippen LogP contribution in [-0.4, -0.2) is 19.1 Å². The molecular formula is C16H27N3O. The maximum atomic E-state index is 5.86. The number of benzene rings is 1. The van der Waals surface area contributed by atoms with Crippen molar-refractivity contribution in [2.45, 2.75) is 40.7 Å². The topological polar surface area (TPSA) is 59.6 Å². The van der Waals surface area contributed by atoms with Crippen LogP contribution in [0.4, 0.5) is 0 Å². The summed E-state index contributed by atoms with van der Waals surface area (Å²) in [6, 6.07) is 6.15. The molecule has 112 valence electrons. The zero-order valence-corrected chi connectivity index (χ0v) is 13.1. The van der Waals surface area contributed by atoms with E-state index in [1.165, 1.54) is 5.56 Å². The van der Waals surface area contributed by atoms with E-state index in [9.17, 15) is 0 Å². The average Bonchev–Trinajstić information content (AvgIpc) is 2.37. The van der Waals surface area contributed by atoms with Gasteiger partial charge < -0.3 is 15.8 Å². The van der Waals surface area contributed by atoms with Crippen LogP contribution in [0.15, 0.2) is 23.2 Å². The number of hydrogen-bond donors (Lipinski definition) is 2. The lowest BCUT2D eigenvalue weighted by molar-refractivity contribution is 0.336. The van der Waals surface area contributed by atoms with Crippen molar-refractivity contribution in [3.05, 3.63) is 29.3 Å². The maximum Gasteiger partial charge on any atom is 0.188 e. The summed E-state index contributed by atoms with van der Waals surface area (Å²) in [7, 11) is 0. The zero-order chi connectivity index (χ0) is 15.0. The molecule has 0 saturated heterocycles. The predicted molar refractivity (Wildman–Crippen MR) is 85.1 cm³/mol. The molecule has 1 rings (SSSR count). The summed E-state index contributed by atoms with van der Waals surface area (Å²) >= 11 is 0. The molecule has 4 nitrogen and oxygen atoms in total. The molecule has 0 atom stereocenters. The zero-order valence-electron chi connectivity index (χ0n) is 13.1. The van der Waals surface area contributed by atoms with Gasteiger partial charge in [0.05, 0.1) is 13.2 Å². The van der Waals surface area contributed by atoms with Gasteiger partial charge >= 0.3 is 0 Å². The van der Waals surface area contributed by atoms with Crippen molar-refractivity contribution >= 4 is 5.96 Å². The number of aliphatic imine (C=N–C) groups is 1. The van der Waals surface area contributed by atoms with Crippen molar-refractivity contribution in [2.24, 2.45) is 16.6 Å². The number of rotatable bonds is 7. The second kappa shape index (κ2) is 8.46. The molecule has 0 heterocycles. The first-order valence-electron chi connectivity index (χ1n) is 7.29. The number of ether oxygens (including phenoxy) is 1. The number of guanidine groups is 1. The van der Waals surface area contributed by atoms with E-state index in [1.54, 1.807) is 0 Å². The Kier molecular flexibility index (Phi) is 6.91. The first-order chi connectivity index (χ1) is 9.52. The van der Waals surface area contributed by atoms with E-state index in [2.05, 4.69) is 37.1 Å². The van der Waals surface area contributed by atoms with Gasteiger partial charge in [0.25, 0.3) is 0 Å². The minimum Gasteiger partial charge on any atom is -0.494 e. The van der Waals surface area contributed by atoms with Crippen molar-refractivity contribution in [1.29, 1.82) is 0 Å². The number of hydrogen-bond acceptors (Lipinski definition) is 2. The molecular weight excluding hydrogens is 250 g/mol. The number of nitrogens with zero attached hydrogens (tertiary/aromatic N) is 1. The minimum atomic E-state index is 0.494. The Hall–Kier alpha value is -1.71. The van der Waals surface area contributed by atoms with Gasteiger partial charge in [-0.1, -0.05) is 26.0 Å². The smallest absolute Gasteiger partial charge is 0.188 e. The molecule has 3 N–H and O–H groups in total. The fourth-order valence-corrected chi connectivity index (χ4v) is 1.80. The molecule has 0 spiro atoms. The largest absolute Gasteiger partial charge is 0.494 e. The molecule has 0 radical (unpaired) electrons. The average molecular weight is 277 g/mol. The van der Waals surface area contributed by atoms with Crippen LogP contribution in [0, 0.1) is 12.8 Å². The van der Waals surface area contributed by atoms with Crippen molar-refractivity contribution in [1.82, 2.24) is 5.32 Å². The van der Waals surface area contributed by atoms with E-state index in [4.69, 9.17) is 10.5 Å². The maximum absolute atomic E-state index is 5.86. The van der Waals surface area contributed by atoms with Crippen molar-refractivity contribution in [3.63, 3.8) is 0 Å². The van der Waals surface area contributed by atoms with Gasteiger partial charge in [0.1, 0.15) is 5.75 Å². The van der Waals surface area contributed by atoms with Crippen LogP contribution in [0.1, 0.15) is 38.3 Å². The van der Waals surface area contributed by atoms with E-state index in [1.807, 2.05) is 19.1 Å². The van der Waals surface area contributed by atoms with Crippen LogP contribution in [0.25, 0.3) is 0 Å². The summed E-state index contributed by atoms with van der Waals surface area (Å²) in [5, 5.41) is 3.13. The Morgan fingerprint density at radius 3 is 2.80 bits per heavy atom. The molecule has 1 aromatic carbocycles. The fourth-order valence-electron chi connectivity index (χ4n) is 1.80. The van der Waals surface area contributed by atoms with Gasteiger partial charge in [-0.15, -0.1) is 0 Å². The van der Waals surface area contributed by atoms with Crippen molar-refractivity contribution < 1.29 is 4.74 Å². The van der Waals surface area contributed by atoms with Crippen LogP contribution in [0.2, 0.25) is 0 Å². The molecule has 0 aliphatic carbocycles. The molecule has 0 amide bonds. The summed E-state index contributed by atoms with van der Waals surface area (Å²) in [5.41, 5.74) is 8.11. The summed E-state index contributed by atoms with van der Waals surface area (Å²) in [5.74, 6) is 2.05. The van der Waals surface area contributed by atoms with Crippen molar-refractivity contribution in [2.75, 3.05) is 13.2 Å². The quantitative estimate of drug-likeness (QED) is 0.595. The van der Waals surface area contributed by atoms with Gasteiger partial charge in [-0.25, -0.2) is 4.99 Å². The van der Waals surface area contributed by atoms with Crippen molar-refractivity contribution in [3.8, 4) is 5.75 Å². The highest BCUT2D eigenvalue weighted by Crippen LogP contribution is 2.21. The predicted octanol–water partition coefficient (Wildman–Crippen LogP) is 2.84. The van der Waals surface area contributed by atoms with Gasteiger partial charge in [0.2, 0.25) is 0 Å². The normalized spacial score (nSPS) is 11.8. The summed E-state index contributed by atoms with van der Waals surface area (Å²) in [6.45, 7) is 10.5. The summed E-state index contributed by atoms with van der Waals surface area (Å²) in [6.07, 6.45) is 1.09. The van der Waals surface area contributed by atoms with Crippen LogP contribution >= 0.6 is 0 Å².